The van der Waals surface area contributed by atoms with E-state index in [-0.39, 0.29) is 4.90 Å². The Labute approximate surface area is 145 Å². The molecule has 2 aromatic rings. The van der Waals surface area contributed by atoms with E-state index in [4.69, 9.17) is 22.1 Å². The average Bonchev–Trinajstić information content (AvgIpc) is 2.54. The first-order chi connectivity index (χ1) is 11.2. The molecule has 0 saturated heterocycles. The molecule has 1 atom stereocenters. The molecule has 1 amide bonds. The first-order valence-corrected chi connectivity index (χ1v) is 8.84. The summed E-state index contributed by atoms with van der Waals surface area (Å²) < 4.78 is 31.4. The third kappa shape index (κ3) is 4.05. The van der Waals surface area contributed by atoms with Crippen LogP contribution in [0, 0.1) is 0 Å². The molecule has 0 bridgehead atoms. The van der Waals surface area contributed by atoms with Crippen molar-refractivity contribution in [3.8, 4) is 11.5 Å². The van der Waals surface area contributed by atoms with Crippen molar-refractivity contribution in [2.75, 3.05) is 7.05 Å². The normalized spacial score (nSPS) is 12.8. The number of benzene rings is 2. The van der Waals surface area contributed by atoms with Crippen molar-refractivity contribution in [1.82, 2.24) is 4.31 Å². The van der Waals surface area contributed by atoms with Crippen molar-refractivity contribution in [3.63, 3.8) is 0 Å². The first kappa shape index (κ1) is 18.3. The molecule has 6 nitrogen and oxygen atoms in total. The van der Waals surface area contributed by atoms with Crippen LogP contribution in [0.5, 0.6) is 11.5 Å². The SMILES string of the molecule is C[C@H](C(N)=O)N(C)S(=O)(=O)c1ccc(Oc2cccc(Cl)c2)cc1. The van der Waals surface area contributed by atoms with Crippen LogP contribution in [0.3, 0.4) is 0 Å². The number of carbonyl (C=O) groups is 1. The summed E-state index contributed by atoms with van der Waals surface area (Å²) in [6, 6.07) is 11.8. The van der Waals surface area contributed by atoms with Crippen LogP contribution in [0.15, 0.2) is 53.4 Å². The number of rotatable bonds is 6. The maximum Gasteiger partial charge on any atom is 0.243 e. The number of nitrogens with two attached hydrogens (primary N) is 1. The highest BCUT2D eigenvalue weighted by Gasteiger charge is 2.28. The fourth-order valence-corrected chi connectivity index (χ4v) is 3.41. The molecule has 2 aromatic carbocycles. The second-order valence-corrected chi connectivity index (χ2v) is 7.56. The van der Waals surface area contributed by atoms with Gasteiger partial charge in [0.25, 0.3) is 0 Å². The number of nitrogens with zero attached hydrogens (tertiary/aromatic N) is 1. The highest BCUT2D eigenvalue weighted by atomic mass is 35.5. The van der Waals surface area contributed by atoms with Crippen LogP contribution in [0.4, 0.5) is 0 Å². The van der Waals surface area contributed by atoms with E-state index >= 15 is 0 Å². The second kappa shape index (κ2) is 7.21. The lowest BCUT2D eigenvalue weighted by atomic mass is 10.3. The summed E-state index contributed by atoms with van der Waals surface area (Å²) in [5.41, 5.74) is 5.16. The number of amides is 1. The molecule has 0 aliphatic carbocycles. The lowest BCUT2D eigenvalue weighted by Gasteiger charge is -2.21. The molecule has 0 unspecified atom stereocenters. The Morgan fingerprint density at radius 3 is 2.33 bits per heavy atom. The van der Waals surface area contributed by atoms with E-state index in [1.54, 1.807) is 24.3 Å². The van der Waals surface area contributed by atoms with E-state index in [1.165, 1.54) is 38.2 Å². The summed E-state index contributed by atoms with van der Waals surface area (Å²) in [4.78, 5) is 11.2. The fraction of sp³-hybridized carbons (Fsp3) is 0.188. The molecule has 8 heteroatoms. The van der Waals surface area contributed by atoms with Gasteiger partial charge in [-0.2, -0.15) is 4.31 Å². The molecule has 0 aliphatic heterocycles. The largest absolute Gasteiger partial charge is 0.457 e. The van der Waals surface area contributed by atoms with Gasteiger partial charge in [-0.05, 0) is 49.4 Å². The number of halogens is 1. The van der Waals surface area contributed by atoms with Crippen molar-refractivity contribution in [2.45, 2.75) is 17.9 Å². The lowest BCUT2D eigenvalue weighted by Crippen LogP contribution is -2.43. The maximum absolute atomic E-state index is 12.5. The predicted octanol–water partition coefficient (Wildman–Crippen LogP) is 2.63. The molecule has 0 fully saturated rings. The quantitative estimate of drug-likeness (QED) is 0.848. The van der Waals surface area contributed by atoms with Crippen LogP contribution < -0.4 is 10.5 Å². The number of carbonyl (C=O) groups excluding carboxylic acids is 1. The van der Waals surface area contributed by atoms with Gasteiger partial charge in [0.1, 0.15) is 17.5 Å². The van der Waals surface area contributed by atoms with Crippen molar-refractivity contribution >= 4 is 27.5 Å². The van der Waals surface area contributed by atoms with Gasteiger partial charge in [-0.25, -0.2) is 8.42 Å². The van der Waals surface area contributed by atoms with Gasteiger partial charge in [-0.1, -0.05) is 17.7 Å². The summed E-state index contributed by atoms with van der Waals surface area (Å²) in [7, 11) is -2.52. The molecule has 2 N–H and O–H groups in total. The van der Waals surface area contributed by atoms with Gasteiger partial charge in [0.15, 0.2) is 0 Å². The standard InChI is InChI=1S/C16H17ClN2O4S/c1-11(16(18)20)19(2)24(21,22)15-8-6-13(7-9-15)23-14-5-3-4-12(17)10-14/h3-11H,1-2H3,(H2,18,20)/t11-/m1/s1. The van der Waals surface area contributed by atoms with Crippen molar-refractivity contribution in [2.24, 2.45) is 5.73 Å². The molecule has 0 radical (unpaired) electrons. The molecule has 0 saturated carbocycles. The molecule has 0 aliphatic rings. The molecule has 0 aromatic heterocycles. The van der Waals surface area contributed by atoms with Gasteiger partial charge in [-0.15, -0.1) is 0 Å². The number of likely N-dealkylation sites (N-methyl/N-ethyl adjacent to an activating group) is 1. The summed E-state index contributed by atoms with van der Waals surface area (Å²) in [5.74, 6) is 0.279. The van der Waals surface area contributed by atoms with Gasteiger partial charge in [-0.3, -0.25) is 4.79 Å². The Morgan fingerprint density at radius 1 is 1.17 bits per heavy atom. The van der Waals surface area contributed by atoms with Gasteiger partial charge in [0, 0.05) is 12.1 Å². The number of sulfonamides is 1. The van der Waals surface area contributed by atoms with Crippen molar-refractivity contribution < 1.29 is 17.9 Å². The zero-order valence-corrected chi connectivity index (χ0v) is 14.7. The smallest absolute Gasteiger partial charge is 0.243 e. The average molecular weight is 369 g/mol. The highest BCUT2D eigenvalue weighted by Crippen LogP contribution is 2.26. The Bertz CT molecular complexity index is 837. The third-order valence-electron chi connectivity index (χ3n) is 3.49. The Morgan fingerprint density at radius 2 is 1.79 bits per heavy atom. The number of hydrogen-bond acceptors (Lipinski definition) is 4. The van der Waals surface area contributed by atoms with Gasteiger partial charge < -0.3 is 10.5 Å². The zero-order chi connectivity index (χ0) is 17.9. The number of ether oxygens (including phenoxy) is 1. The van der Waals surface area contributed by atoms with E-state index < -0.39 is 22.0 Å². The molecule has 2 rings (SSSR count). The minimum absolute atomic E-state index is 0.0385. The van der Waals surface area contributed by atoms with E-state index in [9.17, 15) is 13.2 Å². The zero-order valence-electron chi connectivity index (χ0n) is 13.1. The van der Waals surface area contributed by atoms with Gasteiger partial charge in [0.2, 0.25) is 15.9 Å². The third-order valence-corrected chi connectivity index (χ3v) is 5.67. The van der Waals surface area contributed by atoms with Crippen LogP contribution in [0.2, 0.25) is 5.02 Å². The second-order valence-electron chi connectivity index (χ2n) is 5.13. The van der Waals surface area contributed by atoms with Gasteiger partial charge in [0.05, 0.1) is 4.90 Å². The van der Waals surface area contributed by atoms with E-state index in [2.05, 4.69) is 0 Å². The Kier molecular flexibility index (Phi) is 5.48. The molecule has 0 heterocycles. The van der Waals surface area contributed by atoms with E-state index in [0.29, 0.717) is 16.5 Å². The summed E-state index contributed by atoms with van der Waals surface area (Å²) in [6.45, 7) is 1.43. The van der Waals surface area contributed by atoms with Crippen LogP contribution in [-0.2, 0) is 14.8 Å². The molecular weight excluding hydrogens is 352 g/mol. The first-order valence-electron chi connectivity index (χ1n) is 7.02. The minimum atomic E-state index is -3.82. The van der Waals surface area contributed by atoms with Crippen molar-refractivity contribution in [3.05, 3.63) is 53.6 Å². The van der Waals surface area contributed by atoms with Crippen LogP contribution in [0.1, 0.15) is 6.92 Å². The Hall–Kier alpha value is -2.09. The van der Waals surface area contributed by atoms with E-state index in [0.717, 1.165) is 4.31 Å². The van der Waals surface area contributed by atoms with E-state index in [1.807, 2.05) is 0 Å². The van der Waals surface area contributed by atoms with Gasteiger partial charge >= 0.3 is 0 Å². The highest BCUT2D eigenvalue weighted by molar-refractivity contribution is 7.89. The fourth-order valence-electron chi connectivity index (χ4n) is 1.90. The van der Waals surface area contributed by atoms with Crippen LogP contribution >= 0.6 is 11.6 Å². The molecule has 24 heavy (non-hydrogen) atoms. The summed E-state index contributed by atoms with van der Waals surface area (Å²) in [6.07, 6.45) is 0. The number of hydrogen-bond donors (Lipinski definition) is 1. The van der Waals surface area contributed by atoms with Crippen LogP contribution in [0.25, 0.3) is 0 Å². The topological polar surface area (TPSA) is 89.7 Å². The maximum atomic E-state index is 12.5. The summed E-state index contributed by atoms with van der Waals surface area (Å²) >= 11 is 5.88. The Balaban J connectivity index is 2.21. The molecular formula is C16H17ClN2O4S. The lowest BCUT2D eigenvalue weighted by molar-refractivity contribution is -0.120. The van der Waals surface area contributed by atoms with Crippen molar-refractivity contribution in [1.29, 1.82) is 0 Å². The van der Waals surface area contributed by atoms with Crippen LogP contribution in [-0.4, -0.2) is 31.7 Å². The summed E-state index contributed by atoms with van der Waals surface area (Å²) in [5, 5.41) is 0.536. The monoisotopic (exact) mass is 368 g/mol. The molecule has 0 spiro atoms. The minimum Gasteiger partial charge on any atom is -0.457 e. The predicted molar refractivity (Wildman–Crippen MR) is 91.6 cm³/mol. The number of primary amides is 1. The molecule has 128 valence electrons.